The Kier molecular flexibility index (Phi) is 8.65. The van der Waals surface area contributed by atoms with Gasteiger partial charge in [-0.15, -0.1) is 0 Å². The van der Waals surface area contributed by atoms with Gasteiger partial charge in [-0.2, -0.15) is 0 Å². The monoisotopic (exact) mass is 551 g/mol. The van der Waals surface area contributed by atoms with Crippen LogP contribution < -0.4 is 10.1 Å². The molecular weight excluding hydrogens is 518 g/mol. The molecule has 5 rings (SSSR count). The third-order valence-corrected chi connectivity index (χ3v) is 7.87. The summed E-state index contributed by atoms with van der Waals surface area (Å²) in [4.78, 5) is 42.1. The number of hydrogen-bond acceptors (Lipinski definition) is 6. The molecule has 0 bridgehead atoms. The standard InChI is InChI=1S/C30H34ClN3O5/c1-20-2-9-27(29(36)32-20)34-19-23-16-21(4-7-25(23)30(34)37)3-6-24(35)17-22-5-8-26(31)28(18-22)39-15-12-33-10-13-38-14-11-33/h4-5,7-8,16,18,27H,1-3,6,9-15,17,19H2,(H,32,36). The average Bonchev–Trinajstić information content (AvgIpc) is 3.25. The maximum Gasteiger partial charge on any atom is 0.255 e. The second-order valence-electron chi connectivity index (χ2n) is 10.4. The van der Waals surface area contributed by atoms with Gasteiger partial charge in [-0.25, -0.2) is 0 Å². The number of fused-ring (bicyclic) bond motifs is 1. The first kappa shape index (κ1) is 27.4. The van der Waals surface area contributed by atoms with Gasteiger partial charge in [-0.1, -0.05) is 36.4 Å². The van der Waals surface area contributed by atoms with Crippen molar-refractivity contribution < 1.29 is 23.9 Å². The summed E-state index contributed by atoms with van der Waals surface area (Å²) in [5, 5.41) is 3.29. The van der Waals surface area contributed by atoms with Crippen molar-refractivity contribution in [3.05, 3.63) is 76.0 Å². The number of nitrogens with one attached hydrogen (secondary N) is 1. The van der Waals surface area contributed by atoms with Gasteiger partial charge in [0.2, 0.25) is 5.91 Å². The number of aryl methyl sites for hydroxylation is 1. The number of nitrogens with zero attached hydrogens (tertiary/aromatic N) is 2. The van der Waals surface area contributed by atoms with Crippen LogP contribution in [0.4, 0.5) is 0 Å². The topological polar surface area (TPSA) is 88.2 Å². The number of ether oxygens (including phenoxy) is 2. The Morgan fingerprint density at radius 2 is 1.92 bits per heavy atom. The van der Waals surface area contributed by atoms with E-state index in [0.29, 0.717) is 67.3 Å². The summed E-state index contributed by atoms with van der Waals surface area (Å²) in [7, 11) is 0. The number of hydrogen-bond donors (Lipinski definition) is 1. The van der Waals surface area contributed by atoms with Gasteiger partial charge in [0, 0.05) is 50.3 Å². The predicted molar refractivity (Wildman–Crippen MR) is 148 cm³/mol. The van der Waals surface area contributed by atoms with Crippen LogP contribution in [0.25, 0.3) is 0 Å². The van der Waals surface area contributed by atoms with E-state index in [0.717, 1.165) is 49.5 Å². The molecule has 1 N–H and O–H groups in total. The first-order valence-corrected chi connectivity index (χ1v) is 13.9. The fraction of sp³-hybridized carbons (Fsp3) is 0.433. The van der Waals surface area contributed by atoms with Crippen molar-refractivity contribution in [1.82, 2.24) is 15.1 Å². The van der Waals surface area contributed by atoms with Crippen LogP contribution in [-0.2, 0) is 33.7 Å². The Labute approximate surface area is 233 Å². The van der Waals surface area contributed by atoms with E-state index >= 15 is 0 Å². The zero-order valence-corrected chi connectivity index (χ0v) is 22.8. The number of amides is 2. The third-order valence-electron chi connectivity index (χ3n) is 7.56. The molecule has 1 unspecified atom stereocenters. The molecule has 3 aliphatic rings. The molecular formula is C30H34ClN3O5. The minimum absolute atomic E-state index is 0.119. The van der Waals surface area contributed by atoms with Gasteiger partial charge in [-0.3, -0.25) is 19.3 Å². The van der Waals surface area contributed by atoms with Gasteiger partial charge in [0.05, 0.1) is 18.2 Å². The Hall–Kier alpha value is -3.20. The van der Waals surface area contributed by atoms with E-state index in [2.05, 4.69) is 16.8 Å². The first-order valence-electron chi connectivity index (χ1n) is 13.5. The van der Waals surface area contributed by atoms with Crippen LogP contribution in [0.15, 0.2) is 48.7 Å². The van der Waals surface area contributed by atoms with Crippen LogP contribution in [0.5, 0.6) is 5.75 Å². The summed E-state index contributed by atoms with van der Waals surface area (Å²) in [5.41, 5.74) is 4.10. The van der Waals surface area contributed by atoms with Gasteiger partial charge < -0.3 is 19.7 Å². The van der Waals surface area contributed by atoms with Gasteiger partial charge >= 0.3 is 0 Å². The highest BCUT2D eigenvalue weighted by Crippen LogP contribution is 2.30. The second-order valence-corrected chi connectivity index (χ2v) is 10.8. The highest BCUT2D eigenvalue weighted by molar-refractivity contribution is 6.32. The molecule has 0 saturated carbocycles. The molecule has 0 spiro atoms. The maximum atomic E-state index is 12.9. The molecule has 39 heavy (non-hydrogen) atoms. The molecule has 206 valence electrons. The van der Waals surface area contributed by atoms with Crippen molar-refractivity contribution in [3.8, 4) is 5.75 Å². The molecule has 3 heterocycles. The predicted octanol–water partition coefficient (Wildman–Crippen LogP) is 3.54. The minimum Gasteiger partial charge on any atom is -0.491 e. The van der Waals surface area contributed by atoms with Gasteiger partial charge in [-0.05, 0) is 54.2 Å². The molecule has 2 saturated heterocycles. The van der Waals surface area contributed by atoms with Crippen molar-refractivity contribution in [1.29, 1.82) is 0 Å². The Balaban J connectivity index is 1.12. The molecule has 3 aliphatic heterocycles. The van der Waals surface area contributed by atoms with Crippen LogP contribution in [0, 0.1) is 0 Å². The molecule has 0 radical (unpaired) electrons. The van der Waals surface area contributed by atoms with E-state index in [1.807, 2.05) is 30.3 Å². The van der Waals surface area contributed by atoms with Crippen molar-refractivity contribution in [2.75, 3.05) is 39.5 Å². The normalized spacial score (nSPS) is 19.7. The lowest BCUT2D eigenvalue weighted by Gasteiger charge is -2.30. The molecule has 2 aromatic carbocycles. The third kappa shape index (κ3) is 6.69. The summed E-state index contributed by atoms with van der Waals surface area (Å²) < 4.78 is 11.3. The van der Waals surface area contributed by atoms with Crippen LogP contribution in [-0.4, -0.2) is 72.9 Å². The maximum absolute atomic E-state index is 12.9. The highest BCUT2D eigenvalue weighted by atomic mass is 35.5. The number of morpholine rings is 1. The average molecular weight is 552 g/mol. The fourth-order valence-electron chi connectivity index (χ4n) is 5.34. The van der Waals surface area contributed by atoms with Gasteiger partial charge in [0.15, 0.2) is 0 Å². The number of Topliss-reactive ketones (excluding diaryl/α,β-unsaturated/α-hetero) is 1. The quantitative estimate of drug-likeness (QED) is 0.486. The van der Waals surface area contributed by atoms with E-state index < -0.39 is 6.04 Å². The lowest BCUT2D eigenvalue weighted by atomic mass is 9.99. The summed E-state index contributed by atoms with van der Waals surface area (Å²) in [6, 6.07) is 10.7. The first-order chi connectivity index (χ1) is 18.9. The number of carbonyl (C=O) groups excluding carboxylic acids is 3. The van der Waals surface area contributed by atoms with E-state index in [4.69, 9.17) is 21.1 Å². The largest absolute Gasteiger partial charge is 0.491 e. The lowest BCUT2D eigenvalue weighted by molar-refractivity contribution is -0.126. The Morgan fingerprint density at radius 1 is 1.13 bits per heavy atom. The molecule has 1 atom stereocenters. The number of benzene rings is 2. The smallest absolute Gasteiger partial charge is 0.255 e. The molecule has 2 amide bonds. The number of piperidine rings is 1. The van der Waals surface area contributed by atoms with Gasteiger partial charge in [0.1, 0.15) is 24.2 Å². The zero-order valence-electron chi connectivity index (χ0n) is 22.0. The van der Waals surface area contributed by atoms with Crippen molar-refractivity contribution in [2.24, 2.45) is 0 Å². The van der Waals surface area contributed by atoms with E-state index in [1.54, 1.807) is 11.0 Å². The minimum atomic E-state index is -0.479. The van der Waals surface area contributed by atoms with E-state index in [9.17, 15) is 14.4 Å². The number of allylic oxidation sites excluding steroid dienone is 1. The Bertz CT molecular complexity index is 1270. The summed E-state index contributed by atoms with van der Waals surface area (Å²) in [5.74, 6) is 0.421. The summed E-state index contributed by atoms with van der Waals surface area (Å²) in [6.45, 7) is 8.84. The highest BCUT2D eigenvalue weighted by Gasteiger charge is 2.38. The van der Waals surface area contributed by atoms with Crippen LogP contribution in [0.2, 0.25) is 5.02 Å². The SMILES string of the molecule is C=C1CCC(N2Cc3cc(CCC(=O)Cc4ccc(Cl)c(OCCN5CCOCC5)c4)ccc3C2=O)C(=O)N1. The van der Waals surface area contributed by atoms with Crippen LogP contribution in [0.3, 0.4) is 0 Å². The molecule has 9 heteroatoms. The van der Waals surface area contributed by atoms with Crippen molar-refractivity contribution in [2.45, 2.75) is 44.7 Å². The van der Waals surface area contributed by atoms with E-state index in [-0.39, 0.29) is 17.6 Å². The number of rotatable bonds is 10. The number of halogens is 1. The second kappa shape index (κ2) is 12.3. The van der Waals surface area contributed by atoms with Crippen molar-refractivity contribution in [3.63, 3.8) is 0 Å². The molecule has 0 aliphatic carbocycles. The molecule has 0 aromatic heterocycles. The zero-order chi connectivity index (χ0) is 27.4. The molecule has 8 nitrogen and oxygen atoms in total. The summed E-state index contributed by atoms with van der Waals surface area (Å²) in [6.07, 6.45) is 2.52. The lowest BCUT2D eigenvalue weighted by Crippen LogP contribution is -2.49. The van der Waals surface area contributed by atoms with Crippen molar-refractivity contribution >= 4 is 29.2 Å². The number of ketones is 1. The van der Waals surface area contributed by atoms with E-state index in [1.165, 1.54) is 0 Å². The Morgan fingerprint density at radius 3 is 2.72 bits per heavy atom. The molecule has 2 fully saturated rings. The number of carbonyl (C=O) groups is 3. The summed E-state index contributed by atoms with van der Waals surface area (Å²) >= 11 is 6.33. The van der Waals surface area contributed by atoms with Crippen LogP contribution >= 0.6 is 11.6 Å². The van der Waals surface area contributed by atoms with Crippen LogP contribution in [0.1, 0.15) is 46.3 Å². The van der Waals surface area contributed by atoms with Gasteiger partial charge in [0.25, 0.3) is 5.91 Å². The molecule has 2 aromatic rings. The fourth-order valence-corrected chi connectivity index (χ4v) is 5.51.